The van der Waals surface area contributed by atoms with Gasteiger partial charge in [0.15, 0.2) is 5.78 Å². The van der Waals surface area contributed by atoms with Gasteiger partial charge in [0.1, 0.15) is 5.75 Å². The summed E-state index contributed by atoms with van der Waals surface area (Å²) < 4.78 is 7.47. The van der Waals surface area contributed by atoms with Gasteiger partial charge in [-0.2, -0.15) is 0 Å². The van der Waals surface area contributed by atoms with Crippen molar-refractivity contribution >= 4 is 22.3 Å². The number of nitrogens with two attached hydrogens (primary N) is 1. The Hall–Kier alpha value is -3.41. The first-order valence-electron chi connectivity index (χ1n) is 11.5. The molecule has 2 aromatic heterocycles. The van der Waals surface area contributed by atoms with E-state index in [9.17, 15) is 9.59 Å². The number of hydrogen-bond acceptors (Lipinski definition) is 5. The molecule has 0 atom stereocenters. The molecule has 1 aromatic carbocycles. The minimum Gasteiger partial charge on any atom is -0.496 e. The molecule has 0 radical (unpaired) electrons. The number of rotatable bonds is 6. The first-order valence-corrected chi connectivity index (χ1v) is 11.5. The van der Waals surface area contributed by atoms with E-state index in [1.807, 2.05) is 34.9 Å². The van der Waals surface area contributed by atoms with Crippen LogP contribution in [0.4, 0.5) is 0 Å². The molecule has 1 aliphatic rings. The number of ether oxygens (including phenoxy) is 1. The Labute approximate surface area is 194 Å². The zero-order chi connectivity index (χ0) is 23.5. The van der Waals surface area contributed by atoms with Gasteiger partial charge in [-0.3, -0.25) is 14.6 Å². The standard InChI is InChI=1S/C27H31N3O3/c1-17(28)26(18(2)31)23-13-21-12-22(20-9-5-4-6-10-20)27(32)30(24(21)14-25(23)33-3)16-19-8-7-11-29-15-19/h7-8,11-15,20H,4-6,9-10,16,28H2,1-3H3. The maximum atomic E-state index is 13.7. The fourth-order valence-electron chi connectivity index (χ4n) is 5.01. The van der Waals surface area contributed by atoms with Gasteiger partial charge in [-0.25, -0.2) is 0 Å². The van der Waals surface area contributed by atoms with Crippen molar-refractivity contribution in [3.05, 3.63) is 75.5 Å². The lowest BCUT2D eigenvalue weighted by atomic mass is 9.84. The minimum atomic E-state index is -0.121. The quantitative estimate of drug-likeness (QED) is 0.552. The third-order valence-electron chi connectivity index (χ3n) is 6.57. The number of carbonyl (C=O) groups is 1. The molecule has 0 bridgehead atoms. The SMILES string of the molecule is COc1cc2c(cc1C(C(C)=O)=C(C)N)cc(C1CCCCC1)c(=O)n2Cc1cccnc1. The van der Waals surface area contributed by atoms with Crippen LogP contribution in [0.5, 0.6) is 5.75 Å². The lowest BCUT2D eigenvalue weighted by Crippen LogP contribution is -2.27. The monoisotopic (exact) mass is 445 g/mol. The highest BCUT2D eigenvalue weighted by Gasteiger charge is 2.23. The maximum Gasteiger partial charge on any atom is 0.254 e. The summed E-state index contributed by atoms with van der Waals surface area (Å²) in [6.07, 6.45) is 9.06. The molecule has 33 heavy (non-hydrogen) atoms. The highest BCUT2D eigenvalue weighted by atomic mass is 16.5. The summed E-state index contributed by atoms with van der Waals surface area (Å²) in [5.41, 5.74) is 10.2. The zero-order valence-corrected chi connectivity index (χ0v) is 19.6. The fourth-order valence-corrected chi connectivity index (χ4v) is 5.01. The second kappa shape index (κ2) is 9.61. The molecule has 6 nitrogen and oxygen atoms in total. The van der Waals surface area contributed by atoms with Gasteiger partial charge in [0.2, 0.25) is 0 Å². The number of Topliss-reactive ketones (excluding diaryl/α,β-unsaturated/α-hetero) is 1. The van der Waals surface area contributed by atoms with E-state index in [2.05, 4.69) is 4.98 Å². The van der Waals surface area contributed by atoms with Crippen molar-refractivity contribution in [2.45, 2.75) is 58.4 Å². The Morgan fingerprint density at radius 3 is 2.55 bits per heavy atom. The van der Waals surface area contributed by atoms with Crippen LogP contribution in [0, 0.1) is 0 Å². The van der Waals surface area contributed by atoms with Crippen LogP contribution < -0.4 is 16.0 Å². The van der Waals surface area contributed by atoms with E-state index in [1.54, 1.807) is 26.4 Å². The third kappa shape index (κ3) is 4.56. The molecule has 172 valence electrons. The molecule has 0 amide bonds. The summed E-state index contributed by atoms with van der Waals surface area (Å²) >= 11 is 0. The second-order valence-corrected chi connectivity index (χ2v) is 8.91. The van der Waals surface area contributed by atoms with Gasteiger partial charge < -0.3 is 15.0 Å². The Balaban J connectivity index is 2.00. The number of benzene rings is 1. The van der Waals surface area contributed by atoms with Crippen molar-refractivity contribution in [3.63, 3.8) is 0 Å². The molecule has 0 aliphatic heterocycles. The summed E-state index contributed by atoms with van der Waals surface area (Å²) in [5.74, 6) is 0.645. The average Bonchev–Trinajstić information content (AvgIpc) is 2.81. The first kappa shape index (κ1) is 22.8. The summed E-state index contributed by atoms with van der Waals surface area (Å²) in [4.78, 5) is 30.4. The number of aromatic nitrogens is 2. The number of methoxy groups -OCH3 is 1. The van der Waals surface area contributed by atoms with E-state index < -0.39 is 0 Å². The number of ketones is 1. The fraction of sp³-hybridized carbons (Fsp3) is 0.370. The van der Waals surface area contributed by atoms with Gasteiger partial charge in [-0.05, 0) is 61.8 Å². The van der Waals surface area contributed by atoms with Crippen molar-refractivity contribution in [2.75, 3.05) is 7.11 Å². The maximum absolute atomic E-state index is 13.7. The van der Waals surface area contributed by atoms with Crippen LogP contribution in [0.2, 0.25) is 0 Å². The molecule has 1 fully saturated rings. The Kier molecular flexibility index (Phi) is 6.63. The van der Waals surface area contributed by atoms with Crippen molar-refractivity contribution in [2.24, 2.45) is 5.73 Å². The number of carbonyl (C=O) groups excluding carboxylic acids is 1. The minimum absolute atomic E-state index is 0.0328. The molecule has 0 spiro atoms. The first-order chi connectivity index (χ1) is 15.9. The molecule has 2 N–H and O–H groups in total. The van der Waals surface area contributed by atoms with E-state index in [0.717, 1.165) is 47.7 Å². The number of allylic oxidation sites excluding steroid dienone is 2. The van der Waals surface area contributed by atoms with Crippen molar-refractivity contribution in [1.29, 1.82) is 0 Å². The molecule has 0 saturated heterocycles. The molecule has 6 heteroatoms. The molecule has 1 saturated carbocycles. The van der Waals surface area contributed by atoms with Crippen LogP contribution in [-0.4, -0.2) is 22.4 Å². The van der Waals surface area contributed by atoms with E-state index in [1.165, 1.54) is 13.3 Å². The predicted octanol–water partition coefficient (Wildman–Crippen LogP) is 4.78. The highest BCUT2D eigenvalue weighted by Crippen LogP contribution is 2.36. The number of fused-ring (bicyclic) bond motifs is 1. The Morgan fingerprint density at radius 2 is 1.94 bits per heavy atom. The molecular weight excluding hydrogens is 414 g/mol. The van der Waals surface area contributed by atoms with E-state index in [4.69, 9.17) is 10.5 Å². The number of hydrogen-bond donors (Lipinski definition) is 1. The van der Waals surface area contributed by atoms with Crippen molar-refractivity contribution in [3.8, 4) is 5.75 Å². The van der Waals surface area contributed by atoms with E-state index >= 15 is 0 Å². The smallest absolute Gasteiger partial charge is 0.254 e. The lowest BCUT2D eigenvalue weighted by Gasteiger charge is -2.24. The number of nitrogens with zero attached hydrogens (tertiary/aromatic N) is 2. The molecule has 4 rings (SSSR count). The average molecular weight is 446 g/mol. The summed E-state index contributed by atoms with van der Waals surface area (Å²) in [6, 6.07) is 9.64. The second-order valence-electron chi connectivity index (χ2n) is 8.91. The normalized spacial score (nSPS) is 15.4. The molecule has 0 unspecified atom stereocenters. The number of pyridine rings is 2. The van der Waals surface area contributed by atoms with Gasteiger partial charge >= 0.3 is 0 Å². The van der Waals surface area contributed by atoms with Gasteiger partial charge in [-0.1, -0.05) is 25.3 Å². The van der Waals surface area contributed by atoms with Crippen LogP contribution in [0.3, 0.4) is 0 Å². The van der Waals surface area contributed by atoms with Crippen molar-refractivity contribution < 1.29 is 9.53 Å². The summed E-state index contributed by atoms with van der Waals surface area (Å²) in [7, 11) is 1.56. The largest absolute Gasteiger partial charge is 0.496 e. The van der Waals surface area contributed by atoms with E-state index in [-0.39, 0.29) is 17.3 Å². The summed E-state index contributed by atoms with van der Waals surface area (Å²) in [5, 5.41) is 0.898. The topological polar surface area (TPSA) is 87.2 Å². The van der Waals surface area contributed by atoms with Gasteiger partial charge in [0.05, 0.1) is 19.2 Å². The van der Waals surface area contributed by atoms with Gasteiger partial charge in [0, 0.05) is 40.9 Å². The molecule has 1 aliphatic carbocycles. The van der Waals surface area contributed by atoms with Crippen LogP contribution in [0.1, 0.15) is 68.6 Å². The van der Waals surface area contributed by atoms with Crippen LogP contribution in [-0.2, 0) is 11.3 Å². The van der Waals surface area contributed by atoms with Crippen LogP contribution in [0.25, 0.3) is 16.5 Å². The third-order valence-corrected chi connectivity index (χ3v) is 6.57. The van der Waals surface area contributed by atoms with E-state index in [0.29, 0.717) is 29.1 Å². The molecule has 2 heterocycles. The Morgan fingerprint density at radius 1 is 1.18 bits per heavy atom. The molecular formula is C27H31N3O3. The van der Waals surface area contributed by atoms with Crippen LogP contribution >= 0.6 is 0 Å². The van der Waals surface area contributed by atoms with Gasteiger partial charge in [-0.15, -0.1) is 0 Å². The zero-order valence-electron chi connectivity index (χ0n) is 19.6. The predicted molar refractivity (Wildman–Crippen MR) is 131 cm³/mol. The lowest BCUT2D eigenvalue weighted by molar-refractivity contribution is -0.111. The van der Waals surface area contributed by atoms with Crippen LogP contribution in [0.15, 0.2) is 53.2 Å². The van der Waals surface area contributed by atoms with Gasteiger partial charge in [0.25, 0.3) is 5.56 Å². The highest BCUT2D eigenvalue weighted by molar-refractivity contribution is 6.21. The van der Waals surface area contributed by atoms with Crippen molar-refractivity contribution in [1.82, 2.24) is 9.55 Å². The molecule has 3 aromatic rings. The summed E-state index contributed by atoms with van der Waals surface area (Å²) in [6.45, 7) is 3.64. The Bertz CT molecular complexity index is 1270.